The number of carbonyl (C=O) groups is 2. The molecule has 3 aliphatic rings. The predicted molar refractivity (Wildman–Crippen MR) is 112 cm³/mol. The number of hydrogen-bond donors (Lipinski definition) is 1. The third-order valence-electron chi connectivity index (χ3n) is 6.89. The summed E-state index contributed by atoms with van der Waals surface area (Å²) in [6.45, 7) is 0. The zero-order valence-electron chi connectivity index (χ0n) is 16.3. The van der Waals surface area contributed by atoms with Gasteiger partial charge in [0.15, 0.2) is 0 Å². The molecule has 3 fully saturated rings. The molecule has 5 heteroatoms. The molecule has 2 aliphatic carbocycles. The Balaban J connectivity index is 1.17. The average Bonchev–Trinajstić information content (AvgIpc) is 3.38. The van der Waals surface area contributed by atoms with E-state index in [-0.39, 0.29) is 41.7 Å². The molecule has 1 heterocycles. The summed E-state index contributed by atoms with van der Waals surface area (Å²) in [6, 6.07) is 21.4. The van der Waals surface area contributed by atoms with E-state index in [0.29, 0.717) is 11.4 Å². The van der Waals surface area contributed by atoms with Crippen LogP contribution in [0.15, 0.2) is 66.7 Å². The van der Waals surface area contributed by atoms with Crippen LogP contribution in [0.5, 0.6) is 11.5 Å². The van der Waals surface area contributed by atoms with Crippen molar-refractivity contribution in [1.29, 1.82) is 0 Å². The highest BCUT2D eigenvalue weighted by Gasteiger charge is 2.63. The smallest absolute Gasteiger partial charge is 0.310 e. The quantitative estimate of drug-likeness (QED) is 0.642. The van der Waals surface area contributed by atoms with E-state index in [4.69, 9.17) is 9.47 Å². The minimum absolute atomic E-state index is 0.0436. The first kappa shape index (κ1) is 17.5. The van der Waals surface area contributed by atoms with Crippen LogP contribution in [0.3, 0.4) is 0 Å². The van der Waals surface area contributed by atoms with E-state index < -0.39 is 0 Å². The van der Waals surface area contributed by atoms with Crippen molar-refractivity contribution in [2.45, 2.75) is 18.9 Å². The van der Waals surface area contributed by atoms with E-state index in [9.17, 15) is 9.59 Å². The van der Waals surface area contributed by atoms with Crippen LogP contribution < -0.4 is 10.1 Å². The third kappa shape index (κ3) is 2.69. The molecular weight excluding hydrogens is 378 g/mol. The largest absolute Gasteiger partial charge is 0.462 e. The van der Waals surface area contributed by atoms with Gasteiger partial charge in [-0.2, -0.15) is 0 Å². The van der Waals surface area contributed by atoms with Crippen LogP contribution in [-0.2, 0) is 14.3 Å². The number of nitrogens with one attached hydrogen (secondary N) is 1. The fourth-order valence-electron chi connectivity index (χ4n) is 5.61. The summed E-state index contributed by atoms with van der Waals surface area (Å²) < 4.78 is 11.5. The average molecular weight is 399 g/mol. The summed E-state index contributed by atoms with van der Waals surface area (Å²) in [7, 11) is 0. The molecule has 6 rings (SSSR count). The molecular formula is C25H21NO4. The topological polar surface area (TPSA) is 64.6 Å². The molecule has 3 aromatic carbocycles. The van der Waals surface area contributed by atoms with E-state index in [2.05, 4.69) is 17.4 Å². The van der Waals surface area contributed by atoms with Crippen LogP contribution in [0.1, 0.15) is 12.8 Å². The molecule has 3 aromatic rings. The van der Waals surface area contributed by atoms with Gasteiger partial charge < -0.3 is 14.8 Å². The summed E-state index contributed by atoms with van der Waals surface area (Å²) in [5, 5.41) is 5.16. The molecule has 5 nitrogen and oxygen atoms in total. The van der Waals surface area contributed by atoms with Crippen LogP contribution in [0.2, 0.25) is 0 Å². The summed E-state index contributed by atoms with van der Waals surface area (Å²) >= 11 is 0. The Morgan fingerprint density at radius 2 is 1.77 bits per heavy atom. The van der Waals surface area contributed by atoms with E-state index in [1.807, 2.05) is 54.6 Å². The summed E-state index contributed by atoms with van der Waals surface area (Å²) in [5.74, 6) is 1.18. The van der Waals surface area contributed by atoms with Gasteiger partial charge in [-0.25, -0.2) is 0 Å². The first-order valence-electron chi connectivity index (χ1n) is 10.4. The Morgan fingerprint density at radius 3 is 2.63 bits per heavy atom. The van der Waals surface area contributed by atoms with Crippen molar-refractivity contribution in [1.82, 2.24) is 0 Å². The second kappa shape index (κ2) is 6.59. The summed E-state index contributed by atoms with van der Waals surface area (Å²) in [6.07, 6.45) is 1.79. The molecule has 5 atom stereocenters. The number of ether oxygens (including phenoxy) is 2. The standard InChI is InChI=1S/C25H21NO4/c27-24(22-15-12-19-21(13-15)30-25(28)23(19)22)26-16-8-10-17(11-9-16)29-20-7-3-5-14-4-1-2-6-18(14)20/h1-11,15,19,21-23H,12-13H2,(H,26,27)/t15-,19+,21-,22+,23+/m1/s1. The Labute approximate surface area is 174 Å². The van der Waals surface area contributed by atoms with Gasteiger partial charge in [0.2, 0.25) is 5.91 Å². The maximum atomic E-state index is 12.9. The van der Waals surface area contributed by atoms with Gasteiger partial charge in [-0.1, -0.05) is 36.4 Å². The Kier molecular flexibility index (Phi) is 3.85. The zero-order chi connectivity index (χ0) is 20.2. The Hall–Kier alpha value is -3.34. The lowest BCUT2D eigenvalue weighted by Crippen LogP contribution is -2.35. The molecule has 1 N–H and O–H groups in total. The number of carbonyl (C=O) groups excluding carboxylic acids is 2. The molecule has 150 valence electrons. The minimum Gasteiger partial charge on any atom is -0.462 e. The molecule has 2 saturated carbocycles. The molecule has 0 radical (unpaired) electrons. The second-order valence-electron chi connectivity index (χ2n) is 8.52. The van der Waals surface area contributed by atoms with Gasteiger partial charge in [-0.15, -0.1) is 0 Å². The lowest BCUT2D eigenvalue weighted by atomic mass is 9.79. The van der Waals surface area contributed by atoms with E-state index in [1.54, 1.807) is 0 Å². The van der Waals surface area contributed by atoms with Crippen LogP contribution in [-0.4, -0.2) is 18.0 Å². The molecule has 1 aliphatic heterocycles. The van der Waals surface area contributed by atoms with Crippen molar-refractivity contribution in [2.24, 2.45) is 23.7 Å². The zero-order valence-corrected chi connectivity index (χ0v) is 16.3. The highest BCUT2D eigenvalue weighted by Crippen LogP contribution is 2.57. The van der Waals surface area contributed by atoms with Crippen molar-refractivity contribution in [3.63, 3.8) is 0 Å². The molecule has 2 bridgehead atoms. The number of fused-ring (bicyclic) bond motifs is 2. The van der Waals surface area contributed by atoms with Crippen molar-refractivity contribution in [2.75, 3.05) is 5.32 Å². The second-order valence-corrected chi connectivity index (χ2v) is 8.52. The molecule has 1 amide bonds. The van der Waals surface area contributed by atoms with Crippen molar-refractivity contribution in [3.05, 3.63) is 66.7 Å². The van der Waals surface area contributed by atoms with E-state index in [0.717, 1.165) is 29.4 Å². The molecule has 0 unspecified atom stereocenters. The van der Waals surface area contributed by atoms with Crippen LogP contribution in [0, 0.1) is 23.7 Å². The van der Waals surface area contributed by atoms with Gasteiger partial charge >= 0.3 is 5.97 Å². The van der Waals surface area contributed by atoms with Gasteiger partial charge in [0.1, 0.15) is 17.6 Å². The number of amides is 1. The fourth-order valence-corrected chi connectivity index (χ4v) is 5.61. The van der Waals surface area contributed by atoms with Crippen molar-refractivity contribution >= 4 is 28.3 Å². The minimum atomic E-state index is -0.271. The summed E-state index contributed by atoms with van der Waals surface area (Å²) in [5.41, 5.74) is 0.705. The van der Waals surface area contributed by atoms with Gasteiger partial charge in [-0.05, 0) is 54.5 Å². The molecule has 0 spiro atoms. The van der Waals surface area contributed by atoms with E-state index >= 15 is 0 Å². The van der Waals surface area contributed by atoms with Crippen LogP contribution >= 0.6 is 0 Å². The number of esters is 1. The number of rotatable bonds is 4. The molecule has 1 saturated heterocycles. The van der Waals surface area contributed by atoms with Gasteiger partial charge in [-0.3, -0.25) is 9.59 Å². The van der Waals surface area contributed by atoms with Gasteiger partial charge in [0.25, 0.3) is 0 Å². The Morgan fingerprint density at radius 1 is 0.967 bits per heavy atom. The third-order valence-corrected chi connectivity index (χ3v) is 6.89. The Bertz CT molecular complexity index is 1150. The fraction of sp³-hybridized carbons (Fsp3) is 0.280. The number of benzene rings is 3. The van der Waals surface area contributed by atoms with Crippen molar-refractivity contribution in [3.8, 4) is 11.5 Å². The molecule has 0 aromatic heterocycles. The lowest BCUT2D eigenvalue weighted by Gasteiger charge is -2.23. The van der Waals surface area contributed by atoms with E-state index in [1.165, 1.54) is 0 Å². The first-order valence-corrected chi connectivity index (χ1v) is 10.4. The van der Waals surface area contributed by atoms with Crippen LogP contribution in [0.4, 0.5) is 5.69 Å². The van der Waals surface area contributed by atoms with Crippen LogP contribution in [0.25, 0.3) is 10.8 Å². The SMILES string of the molecule is O=C(Nc1ccc(Oc2cccc3ccccc23)cc1)[C@H]1[C@@H]2C[C@@H]3[C@@H]1C(=O)O[C@@H]3C2. The van der Waals surface area contributed by atoms with Crippen molar-refractivity contribution < 1.29 is 19.1 Å². The van der Waals surface area contributed by atoms with Gasteiger partial charge in [0, 0.05) is 17.0 Å². The lowest BCUT2D eigenvalue weighted by molar-refractivity contribution is -0.145. The highest BCUT2D eigenvalue weighted by atomic mass is 16.6. The maximum Gasteiger partial charge on any atom is 0.310 e. The summed E-state index contributed by atoms with van der Waals surface area (Å²) in [4.78, 5) is 25.1. The first-order chi connectivity index (χ1) is 14.7. The predicted octanol–water partition coefficient (Wildman–Crippen LogP) is 4.77. The van der Waals surface area contributed by atoms with Gasteiger partial charge in [0.05, 0.1) is 11.8 Å². The highest BCUT2D eigenvalue weighted by molar-refractivity contribution is 5.97. The monoisotopic (exact) mass is 399 g/mol. The number of anilines is 1. The number of hydrogen-bond acceptors (Lipinski definition) is 4. The maximum absolute atomic E-state index is 12.9. The normalized spacial score (nSPS) is 28.5. The molecule has 30 heavy (non-hydrogen) atoms.